The molecular weight excluding hydrogens is 552 g/mol. The quantitative estimate of drug-likeness (QED) is 0.223. The van der Waals surface area contributed by atoms with Crippen LogP contribution in [0.15, 0.2) is 70.6 Å². The largest absolute Gasteiger partial charge is 0.507 e. The summed E-state index contributed by atoms with van der Waals surface area (Å²) >= 11 is 0. The predicted molar refractivity (Wildman–Crippen MR) is 194 cm³/mol. The molecule has 4 aromatic carbocycles. The molecule has 0 bridgehead atoms. The molecule has 0 spiro atoms. The smallest absolute Gasteiger partial charge is 0.128 e. The topological polar surface area (TPSA) is 65.2 Å². The number of aliphatic imine (C=N–C) groups is 2. The van der Waals surface area contributed by atoms with Crippen LogP contribution >= 0.6 is 0 Å². The highest BCUT2D eigenvalue weighted by molar-refractivity contribution is 5.91. The van der Waals surface area contributed by atoms with Gasteiger partial charge in [0.15, 0.2) is 0 Å². The summed E-state index contributed by atoms with van der Waals surface area (Å²) in [6, 6.07) is 20.8. The fraction of sp³-hybridized carbons (Fsp3) is 0.415. The monoisotopic (exact) mass is 604 g/mol. The number of phenols is 2. The molecule has 0 radical (unpaired) electrons. The first kappa shape index (κ1) is 34.0. The van der Waals surface area contributed by atoms with E-state index >= 15 is 0 Å². The van der Waals surface area contributed by atoms with Gasteiger partial charge >= 0.3 is 0 Å². The maximum Gasteiger partial charge on any atom is 0.128 e. The summed E-state index contributed by atoms with van der Waals surface area (Å²) in [4.78, 5) is 9.81. The Hall–Kier alpha value is -3.92. The Morgan fingerprint density at radius 1 is 0.556 bits per heavy atom. The van der Waals surface area contributed by atoms with E-state index in [0.717, 1.165) is 49.8 Å². The lowest BCUT2D eigenvalue weighted by Gasteiger charge is -2.27. The third-order valence-electron chi connectivity index (χ3n) is 8.41. The standard InChI is InChI=1S/C41H52N2O2/c1-38(2,3)31-18-29(36(44)33(21-31)40(7,8)9)24-42-23-28-17-26-15-13-14-16-27(26)20-35(28)43-25-30-19-32(39(4,5)6)22-34(37(30)45)41(10,11)12/h13-22,24-25,44-45H,23H2,1-12H3. The van der Waals surface area contributed by atoms with Crippen molar-refractivity contribution in [3.05, 3.63) is 99.6 Å². The number of rotatable bonds is 5. The zero-order chi connectivity index (χ0) is 33.5. The molecule has 0 aromatic heterocycles. The van der Waals surface area contributed by atoms with Gasteiger partial charge in [0.2, 0.25) is 0 Å². The van der Waals surface area contributed by atoms with Gasteiger partial charge in [0.05, 0.1) is 12.2 Å². The third kappa shape index (κ3) is 7.84. The van der Waals surface area contributed by atoms with Crippen LogP contribution in [0.25, 0.3) is 10.8 Å². The minimum atomic E-state index is -0.223. The van der Waals surface area contributed by atoms with Crippen LogP contribution in [0, 0.1) is 0 Å². The number of hydrogen-bond donors (Lipinski definition) is 2. The van der Waals surface area contributed by atoms with Crippen LogP contribution in [-0.2, 0) is 28.2 Å². The minimum absolute atomic E-state index is 0.0702. The summed E-state index contributed by atoms with van der Waals surface area (Å²) in [6.07, 6.45) is 3.57. The van der Waals surface area contributed by atoms with Crippen molar-refractivity contribution in [1.82, 2.24) is 0 Å². The maximum atomic E-state index is 11.3. The number of phenolic OH excluding ortho intramolecular Hbond substituents is 2. The molecule has 0 fully saturated rings. The summed E-state index contributed by atoms with van der Waals surface area (Å²) in [5.74, 6) is 0.545. The van der Waals surface area contributed by atoms with Crippen molar-refractivity contribution >= 4 is 28.9 Å². The molecule has 0 aliphatic rings. The van der Waals surface area contributed by atoms with E-state index in [1.54, 1.807) is 12.4 Å². The molecule has 0 unspecified atom stereocenters. The van der Waals surface area contributed by atoms with Gasteiger partial charge in [-0.2, -0.15) is 0 Å². The van der Waals surface area contributed by atoms with E-state index in [1.165, 1.54) is 0 Å². The fourth-order valence-electron chi connectivity index (χ4n) is 5.42. The Labute approximate surface area is 271 Å². The number of nitrogens with zero attached hydrogens (tertiary/aromatic N) is 2. The lowest BCUT2D eigenvalue weighted by molar-refractivity contribution is 0.443. The summed E-state index contributed by atoms with van der Waals surface area (Å²) < 4.78 is 0. The van der Waals surface area contributed by atoms with Crippen molar-refractivity contribution in [2.75, 3.05) is 0 Å². The molecule has 0 amide bonds. The van der Waals surface area contributed by atoms with Crippen molar-refractivity contribution in [2.24, 2.45) is 9.98 Å². The molecule has 0 aliphatic carbocycles. The van der Waals surface area contributed by atoms with Crippen molar-refractivity contribution < 1.29 is 10.2 Å². The molecule has 0 saturated heterocycles. The Morgan fingerprint density at radius 3 is 1.44 bits per heavy atom. The first-order valence-electron chi connectivity index (χ1n) is 16.0. The lowest BCUT2D eigenvalue weighted by Crippen LogP contribution is -2.17. The van der Waals surface area contributed by atoms with Crippen LogP contribution in [-0.4, -0.2) is 22.6 Å². The average Bonchev–Trinajstić information content (AvgIpc) is 2.90. The highest BCUT2D eigenvalue weighted by atomic mass is 16.3. The van der Waals surface area contributed by atoms with Gasteiger partial charge in [-0.05, 0) is 73.4 Å². The van der Waals surface area contributed by atoms with Gasteiger partial charge in [0.25, 0.3) is 0 Å². The Balaban J connectivity index is 1.80. The van der Waals surface area contributed by atoms with E-state index in [2.05, 4.69) is 119 Å². The molecule has 0 aliphatic heterocycles. The highest BCUT2D eigenvalue weighted by Crippen LogP contribution is 2.39. The first-order chi connectivity index (χ1) is 20.7. The molecule has 4 aromatic rings. The summed E-state index contributed by atoms with van der Waals surface area (Å²) in [7, 11) is 0. The van der Waals surface area contributed by atoms with Gasteiger partial charge in [0, 0.05) is 34.7 Å². The zero-order valence-corrected chi connectivity index (χ0v) is 29.4. The average molecular weight is 605 g/mol. The van der Waals surface area contributed by atoms with E-state index in [9.17, 15) is 10.2 Å². The zero-order valence-electron chi connectivity index (χ0n) is 29.4. The first-order valence-corrected chi connectivity index (χ1v) is 16.0. The predicted octanol–water partition coefficient (Wildman–Crippen LogP) is 10.8. The summed E-state index contributed by atoms with van der Waals surface area (Å²) in [5.41, 5.74) is 6.74. The van der Waals surface area contributed by atoms with Gasteiger partial charge in [-0.1, -0.05) is 119 Å². The van der Waals surface area contributed by atoms with Crippen LogP contribution in [0.5, 0.6) is 11.5 Å². The lowest BCUT2D eigenvalue weighted by atomic mass is 9.79. The Kier molecular flexibility index (Phi) is 9.14. The van der Waals surface area contributed by atoms with Crippen molar-refractivity contribution in [2.45, 2.75) is 111 Å². The van der Waals surface area contributed by atoms with E-state index in [0.29, 0.717) is 12.1 Å². The fourth-order valence-corrected chi connectivity index (χ4v) is 5.42. The second kappa shape index (κ2) is 12.1. The second-order valence-electron chi connectivity index (χ2n) is 16.5. The van der Waals surface area contributed by atoms with Crippen LogP contribution in [0.3, 0.4) is 0 Å². The second-order valence-corrected chi connectivity index (χ2v) is 16.5. The van der Waals surface area contributed by atoms with Crippen LogP contribution in [0.4, 0.5) is 5.69 Å². The Bertz CT molecular complexity index is 1770. The molecule has 4 rings (SSSR count). The number of hydrogen-bond acceptors (Lipinski definition) is 4. The molecule has 45 heavy (non-hydrogen) atoms. The van der Waals surface area contributed by atoms with Gasteiger partial charge in [-0.15, -0.1) is 0 Å². The summed E-state index contributed by atoms with van der Waals surface area (Å²) in [6.45, 7) is 26.2. The molecule has 2 N–H and O–H groups in total. The van der Waals surface area contributed by atoms with E-state index in [4.69, 9.17) is 9.98 Å². The van der Waals surface area contributed by atoms with Gasteiger partial charge in [-0.25, -0.2) is 0 Å². The van der Waals surface area contributed by atoms with Gasteiger partial charge in [0.1, 0.15) is 11.5 Å². The number of benzene rings is 4. The van der Waals surface area contributed by atoms with Crippen LogP contribution in [0.1, 0.15) is 122 Å². The molecule has 0 saturated carbocycles. The molecule has 0 heterocycles. The van der Waals surface area contributed by atoms with E-state index in [-0.39, 0.29) is 33.2 Å². The molecule has 4 nitrogen and oxygen atoms in total. The van der Waals surface area contributed by atoms with Crippen LogP contribution in [0.2, 0.25) is 0 Å². The summed E-state index contributed by atoms with van der Waals surface area (Å²) in [5, 5.41) is 24.8. The number of fused-ring (bicyclic) bond motifs is 1. The highest BCUT2D eigenvalue weighted by Gasteiger charge is 2.26. The van der Waals surface area contributed by atoms with Gasteiger partial charge < -0.3 is 10.2 Å². The maximum absolute atomic E-state index is 11.3. The van der Waals surface area contributed by atoms with E-state index < -0.39 is 0 Å². The molecule has 4 heteroatoms. The number of aromatic hydroxyl groups is 2. The van der Waals surface area contributed by atoms with Crippen molar-refractivity contribution in [3.8, 4) is 11.5 Å². The minimum Gasteiger partial charge on any atom is -0.507 e. The molecule has 238 valence electrons. The Morgan fingerprint density at radius 2 is 1.00 bits per heavy atom. The van der Waals surface area contributed by atoms with Crippen molar-refractivity contribution in [3.63, 3.8) is 0 Å². The van der Waals surface area contributed by atoms with Crippen molar-refractivity contribution in [1.29, 1.82) is 0 Å². The normalized spacial score (nSPS) is 13.4. The van der Waals surface area contributed by atoms with Crippen LogP contribution < -0.4 is 0 Å². The molecular formula is C41H52N2O2. The van der Waals surface area contributed by atoms with Gasteiger partial charge in [-0.3, -0.25) is 9.98 Å². The third-order valence-corrected chi connectivity index (χ3v) is 8.41. The molecule has 0 atom stereocenters. The SMILES string of the molecule is CC(C)(C)c1cc(C=NCc2cc3ccccc3cc2N=Cc2cc(C(C)(C)C)cc(C(C)(C)C)c2O)c(O)c(C(C)(C)C)c1. The van der Waals surface area contributed by atoms with E-state index in [1.807, 2.05) is 24.3 Å².